The Bertz CT molecular complexity index is 612. The van der Waals surface area contributed by atoms with Crippen LogP contribution in [0.25, 0.3) is 10.6 Å². The molecule has 1 amide bonds. The molecule has 1 aliphatic heterocycles. The molecule has 21 heavy (non-hydrogen) atoms. The lowest BCUT2D eigenvalue weighted by Gasteiger charge is -2.31. The fourth-order valence-electron chi connectivity index (χ4n) is 2.64. The second-order valence-corrected chi connectivity index (χ2v) is 6.37. The van der Waals surface area contributed by atoms with Crippen molar-refractivity contribution in [1.29, 1.82) is 0 Å². The van der Waals surface area contributed by atoms with E-state index in [1.165, 1.54) is 11.3 Å². The number of hydrogen-bond acceptors (Lipinski definition) is 4. The van der Waals surface area contributed by atoms with E-state index < -0.39 is 0 Å². The number of carbonyl (C=O) groups excluding carboxylic acids is 1. The van der Waals surface area contributed by atoms with Gasteiger partial charge in [-0.1, -0.05) is 30.3 Å². The predicted molar refractivity (Wildman–Crippen MR) is 83.3 cm³/mol. The molecule has 0 spiro atoms. The Morgan fingerprint density at radius 2 is 2.19 bits per heavy atom. The van der Waals surface area contributed by atoms with Crippen molar-refractivity contribution in [3.05, 3.63) is 41.4 Å². The molecule has 3 rings (SSSR count). The normalized spacial score (nSPS) is 18.7. The predicted octanol–water partition coefficient (Wildman–Crippen LogP) is 2.65. The second-order valence-electron chi connectivity index (χ2n) is 5.34. The van der Waals surface area contributed by atoms with Crippen molar-refractivity contribution >= 4 is 17.2 Å². The zero-order valence-corrected chi connectivity index (χ0v) is 12.6. The number of nitrogens with zero attached hydrogens (tertiary/aromatic N) is 2. The third-order valence-corrected chi connectivity index (χ3v) is 4.84. The van der Waals surface area contributed by atoms with Crippen molar-refractivity contribution in [2.24, 2.45) is 5.92 Å². The van der Waals surface area contributed by atoms with Gasteiger partial charge in [0.2, 0.25) is 0 Å². The summed E-state index contributed by atoms with van der Waals surface area (Å²) in [5.74, 6) is 0.247. The summed E-state index contributed by atoms with van der Waals surface area (Å²) in [7, 11) is 0. The quantitative estimate of drug-likeness (QED) is 0.948. The highest BCUT2D eigenvalue weighted by atomic mass is 32.1. The van der Waals surface area contributed by atoms with Crippen molar-refractivity contribution in [2.45, 2.75) is 12.8 Å². The summed E-state index contributed by atoms with van der Waals surface area (Å²) in [5, 5.41) is 10.1. The van der Waals surface area contributed by atoms with Crippen LogP contribution >= 0.6 is 11.3 Å². The molecule has 1 saturated heterocycles. The van der Waals surface area contributed by atoms with Crippen molar-refractivity contribution in [2.75, 3.05) is 19.7 Å². The summed E-state index contributed by atoms with van der Waals surface area (Å²) in [6.07, 6.45) is 3.62. The van der Waals surface area contributed by atoms with E-state index in [1.807, 2.05) is 35.2 Å². The van der Waals surface area contributed by atoms with Gasteiger partial charge in [-0.05, 0) is 18.8 Å². The highest BCUT2D eigenvalue weighted by molar-refractivity contribution is 7.16. The van der Waals surface area contributed by atoms with Gasteiger partial charge in [0.05, 0.1) is 6.20 Å². The molecule has 2 heterocycles. The van der Waals surface area contributed by atoms with E-state index in [1.54, 1.807) is 6.20 Å². The minimum absolute atomic E-state index is 0.0350. The Kier molecular flexibility index (Phi) is 4.31. The van der Waals surface area contributed by atoms with Crippen LogP contribution in [0.1, 0.15) is 22.5 Å². The summed E-state index contributed by atoms with van der Waals surface area (Å²) < 4.78 is 0. The Hall–Kier alpha value is -1.72. The number of rotatable bonds is 3. The molecule has 1 fully saturated rings. The first-order valence-corrected chi connectivity index (χ1v) is 8.01. The van der Waals surface area contributed by atoms with Gasteiger partial charge in [-0.25, -0.2) is 4.98 Å². The van der Waals surface area contributed by atoms with Gasteiger partial charge in [0.1, 0.15) is 9.88 Å². The Balaban J connectivity index is 1.75. The number of carbonyl (C=O) groups is 1. The lowest BCUT2D eigenvalue weighted by Crippen LogP contribution is -2.40. The number of piperidine rings is 1. The fraction of sp³-hybridized carbons (Fsp3) is 0.375. The number of likely N-dealkylation sites (tertiary alicyclic amines) is 1. The minimum atomic E-state index is 0.0350. The number of amides is 1. The standard InChI is InChI=1S/C16H18N2O2S/c19-11-12-5-4-8-18(10-12)16(20)14-9-17-15(21-14)13-6-2-1-3-7-13/h1-3,6-7,9,12,19H,4-5,8,10-11H2. The molecule has 1 aromatic heterocycles. The molecule has 1 atom stereocenters. The minimum Gasteiger partial charge on any atom is -0.396 e. The van der Waals surface area contributed by atoms with Crippen LogP contribution in [0.15, 0.2) is 36.5 Å². The van der Waals surface area contributed by atoms with Crippen LogP contribution in [-0.4, -0.2) is 40.6 Å². The van der Waals surface area contributed by atoms with Gasteiger partial charge in [-0.3, -0.25) is 4.79 Å². The van der Waals surface area contributed by atoms with Gasteiger partial charge in [-0.2, -0.15) is 0 Å². The lowest BCUT2D eigenvalue weighted by molar-refractivity contribution is 0.0625. The highest BCUT2D eigenvalue weighted by Crippen LogP contribution is 2.27. The van der Waals surface area contributed by atoms with E-state index >= 15 is 0 Å². The van der Waals surface area contributed by atoms with E-state index in [9.17, 15) is 9.90 Å². The third kappa shape index (κ3) is 3.14. The lowest BCUT2D eigenvalue weighted by atomic mass is 9.99. The molecule has 110 valence electrons. The summed E-state index contributed by atoms with van der Waals surface area (Å²) in [4.78, 5) is 19.4. The van der Waals surface area contributed by atoms with Gasteiger partial charge in [0, 0.05) is 25.3 Å². The van der Waals surface area contributed by atoms with Gasteiger partial charge in [0.25, 0.3) is 5.91 Å². The van der Waals surface area contributed by atoms with Crippen LogP contribution in [0, 0.1) is 5.92 Å². The number of aliphatic hydroxyl groups excluding tert-OH is 1. The van der Waals surface area contributed by atoms with Gasteiger partial charge >= 0.3 is 0 Å². The van der Waals surface area contributed by atoms with Crippen LogP contribution in [0.4, 0.5) is 0 Å². The number of benzene rings is 1. The van der Waals surface area contributed by atoms with Crippen LogP contribution in [0.5, 0.6) is 0 Å². The highest BCUT2D eigenvalue weighted by Gasteiger charge is 2.25. The molecule has 0 bridgehead atoms. The second kappa shape index (κ2) is 6.37. The van der Waals surface area contributed by atoms with Gasteiger partial charge in [-0.15, -0.1) is 11.3 Å². The summed E-state index contributed by atoms with van der Waals surface area (Å²) >= 11 is 1.43. The first-order valence-electron chi connectivity index (χ1n) is 7.19. The largest absolute Gasteiger partial charge is 0.396 e. The van der Waals surface area contributed by atoms with Gasteiger partial charge < -0.3 is 10.0 Å². The van der Waals surface area contributed by atoms with Crippen LogP contribution < -0.4 is 0 Å². The topological polar surface area (TPSA) is 53.4 Å². The van der Waals surface area contributed by atoms with Crippen molar-refractivity contribution in [1.82, 2.24) is 9.88 Å². The maximum absolute atomic E-state index is 12.5. The van der Waals surface area contributed by atoms with Crippen LogP contribution in [0.2, 0.25) is 0 Å². The molecule has 2 aromatic rings. The summed E-state index contributed by atoms with van der Waals surface area (Å²) in [6, 6.07) is 9.89. The average molecular weight is 302 g/mol. The maximum atomic E-state index is 12.5. The van der Waals surface area contributed by atoms with Crippen molar-refractivity contribution < 1.29 is 9.90 Å². The molecule has 0 saturated carbocycles. The van der Waals surface area contributed by atoms with E-state index in [4.69, 9.17) is 0 Å². The number of aromatic nitrogens is 1. The smallest absolute Gasteiger partial charge is 0.265 e. The van der Waals surface area contributed by atoms with Crippen molar-refractivity contribution in [3.63, 3.8) is 0 Å². The molecule has 1 aromatic carbocycles. The molecule has 4 nitrogen and oxygen atoms in total. The molecule has 1 aliphatic rings. The number of aliphatic hydroxyl groups is 1. The Labute approximate surface area is 128 Å². The zero-order valence-electron chi connectivity index (χ0n) is 11.7. The molecule has 1 N–H and O–H groups in total. The molecule has 0 radical (unpaired) electrons. The third-order valence-electron chi connectivity index (χ3n) is 3.80. The van der Waals surface area contributed by atoms with E-state index in [2.05, 4.69) is 4.98 Å². The average Bonchev–Trinajstić information content (AvgIpc) is 3.05. The first-order chi connectivity index (χ1) is 10.3. The summed E-state index contributed by atoms with van der Waals surface area (Å²) in [6.45, 7) is 1.57. The SMILES string of the molecule is O=C(c1cnc(-c2ccccc2)s1)N1CCCC(CO)C1. The van der Waals surface area contributed by atoms with E-state index in [0.717, 1.165) is 30.0 Å². The zero-order chi connectivity index (χ0) is 14.7. The Morgan fingerprint density at radius 1 is 1.38 bits per heavy atom. The van der Waals surface area contributed by atoms with Gasteiger partial charge in [0.15, 0.2) is 0 Å². The summed E-state index contributed by atoms with van der Waals surface area (Å²) in [5.41, 5.74) is 1.04. The molecule has 5 heteroatoms. The molecule has 1 unspecified atom stereocenters. The number of hydrogen-bond donors (Lipinski definition) is 1. The first kappa shape index (κ1) is 14.2. The van der Waals surface area contributed by atoms with Crippen LogP contribution in [0.3, 0.4) is 0 Å². The van der Waals surface area contributed by atoms with Crippen molar-refractivity contribution in [3.8, 4) is 10.6 Å². The molecule has 0 aliphatic carbocycles. The van der Waals surface area contributed by atoms with Crippen LogP contribution in [-0.2, 0) is 0 Å². The number of thiazole rings is 1. The maximum Gasteiger partial charge on any atom is 0.265 e. The molecular formula is C16H18N2O2S. The van der Waals surface area contributed by atoms with E-state index in [0.29, 0.717) is 11.4 Å². The van der Waals surface area contributed by atoms with E-state index in [-0.39, 0.29) is 18.4 Å². The fourth-order valence-corrected chi connectivity index (χ4v) is 3.53. The molecular weight excluding hydrogens is 284 g/mol. The Morgan fingerprint density at radius 3 is 2.95 bits per heavy atom. The monoisotopic (exact) mass is 302 g/mol.